The van der Waals surface area contributed by atoms with Crippen LogP contribution in [-0.2, 0) is 14.8 Å². The van der Waals surface area contributed by atoms with Crippen molar-refractivity contribution in [3.8, 4) is 0 Å². The van der Waals surface area contributed by atoms with Crippen molar-refractivity contribution in [3.63, 3.8) is 0 Å². The van der Waals surface area contributed by atoms with Crippen LogP contribution < -0.4 is 14.9 Å². The number of carbonyl (C=O) groups is 3. The van der Waals surface area contributed by atoms with Gasteiger partial charge < -0.3 is 10.6 Å². The highest BCUT2D eigenvalue weighted by atomic mass is 32.2. The molecule has 2 rings (SSSR count). The molecule has 2 aromatic carbocycles. The van der Waals surface area contributed by atoms with E-state index in [-0.39, 0.29) is 34.7 Å². The number of carbonyl (C=O) groups excluding carboxylic acids is 3. The van der Waals surface area contributed by atoms with Crippen LogP contribution >= 0.6 is 0 Å². The summed E-state index contributed by atoms with van der Waals surface area (Å²) in [6, 6.07) is 12.5. The summed E-state index contributed by atoms with van der Waals surface area (Å²) < 4.78 is 25.6. The molecule has 0 bridgehead atoms. The molecule has 8 nitrogen and oxygen atoms in total. The number of ketones is 1. The molecule has 9 heteroatoms. The van der Waals surface area contributed by atoms with Crippen molar-refractivity contribution in [2.45, 2.75) is 33.2 Å². The van der Waals surface area contributed by atoms with E-state index in [0.29, 0.717) is 5.56 Å². The second-order valence-electron chi connectivity index (χ2n) is 7.25. The molecule has 2 N–H and O–H groups in total. The van der Waals surface area contributed by atoms with Crippen LogP contribution in [0.5, 0.6) is 0 Å². The van der Waals surface area contributed by atoms with Gasteiger partial charge in [-0.2, -0.15) is 0 Å². The van der Waals surface area contributed by atoms with Gasteiger partial charge in [0.25, 0.3) is 5.91 Å². The van der Waals surface area contributed by atoms with Crippen LogP contribution in [0.25, 0.3) is 0 Å². The lowest BCUT2D eigenvalue weighted by Crippen LogP contribution is -2.38. The fraction of sp³-hybridized carbons (Fsp3) is 0.318. The number of rotatable bonds is 9. The highest BCUT2D eigenvalue weighted by molar-refractivity contribution is 7.92. The van der Waals surface area contributed by atoms with Crippen molar-refractivity contribution in [2.75, 3.05) is 22.4 Å². The Hall–Kier alpha value is -3.20. The van der Waals surface area contributed by atoms with E-state index in [1.165, 1.54) is 19.1 Å². The Morgan fingerprint density at radius 3 is 2.35 bits per heavy atom. The molecule has 0 aliphatic rings. The minimum absolute atomic E-state index is 0.0365. The van der Waals surface area contributed by atoms with E-state index >= 15 is 0 Å². The number of benzene rings is 2. The molecule has 0 saturated heterocycles. The number of nitrogens with one attached hydrogen (secondary N) is 2. The molecule has 0 aliphatic heterocycles. The normalized spacial score (nSPS) is 12.0. The highest BCUT2D eigenvalue weighted by Gasteiger charge is 2.23. The molecule has 0 saturated carbocycles. The first kappa shape index (κ1) is 24.1. The Morgan fingerprint density at radius 1 is 1.06 bits per heavy atom. The Morgan fingerprint density at radius 2 is 1.74 bits per heavy atom. The molecule has 0 unspecified atom stereocenters. The van der Waals surface area contributed by atoms with Crippen LogP contribution in [0.1, 0.15) is 47.9 Å². The Balaban J connectivity index is 2.26. The number of hydrogen-bond acceptors (Lipinski definition) is 5. The fourth-order valence-electron chi connectivity index (χ4n) is 2.79. The number of para-hydroxylation sites is 1. The summed E-state index contributed by atoms with van der Waals surface area (Å²) in [6.45, 7) is 4.68. The van der Waals surface area contributed by atoms with Gasteiger partial charge in [0.05, 0.1) is 23.2 Å². The van der Waals surface area contributed by atoms with Gasteiger partial charge in [-0.1, -0.05) is 31.2 Å². The predicted octanol–water partition coefficient (Wildman–Crippen LogP) is 2.82. The minimum atomic E-state index is -3.81. The highest BCUT2D eigenvalue weighted by Crippen LogP contribution is 2.21. The average Bonchev–Trinajstić information content (AvgIpc) is 2.71. The maximum absolute atomic E-state index is 12.7. The summed E-state index contributed by atoms with van der Waals surface area (Å²) in [6.07, 6.45) is 1.73. The van der Waals surface area contributed by atoms with Gasteiger partial charge >= 0.3 is 0 Å². The molecule has 0 spiro atoms. The monoisotopic (exact) mass is 445 g/mol. The van der Waals surface area contributed by atoms with Crippen molar-refractivity contribution in [2.24, 2.45) is 0 Å². The van der Waals surface area contributed by atoms with Gasteiger partial charge in [-0.3, -0.25) is 18.7 Å². The van der Waals surface area contributed by atoms with E-state index in [1.807, 2.05) is 13.8 Å². The summed E-state index contributed by atoms with van der Waals surface area (Å²) in [7, 11) is -3.81. The Bertz CT molecular complexity index is 1080. The van der Waals surface area contributed by atoms with Crippen LogP contribution in [-0.4, -0.2) is 44.9 Å². The topological polar surface area (TPSA) is 113 Å². The zero-order valence-electron chi connectivity index (χ0n) is 18.0. The van der Waals surface area contributed by atoms with Crippen LogP contribution in [0, 0.1) is 0 Å². The number of sulfonamides is 1. The van der Waals surface area contributed by atoms with Gasteiger partial charge in [0.2, 0.25) is 15.9 Å². The molecule has 0 aromatic heterocycles. The lowest BCUT2D eigenvalue weighted by Gasteiger charge is -2.22. The molecule has 0 fully saturated rings. The summed E-state index contributed by atoms with van der Waals surface area (Å²) in [5, 5.41) is 5.46. The third-order valence-electron chi connectivity index (χ3n) is 4.66. The van der Waals surface area contributed by atoms with E-state index in [1.54, 1.807) is 36.4 Å². The first-order valence-electron chi connectivity index (χ1n) is 9.81. The van der Waals surface area contributed by atoms with Crippen molar-refractivity contribution in [1.82, 2.24) is 5.32 Å². The van der Waals surface area contributed by atoms with E-state index in [9.17, 15) is 22.8 Å². The van der Waals surface area contributed by atoms with E-state index in [2.05, 4.69) is 10.6 Å². The average molecular weight is 446 g/mol. The number of anilines is 2. The maximum atomic E-state index is 12.7. The lowest BCUT2D eigenvalue weighted by molar-refractivity contribution is -0.114. The van der Waals surface area contributed by atoms with Crippen LogP contribution in [0.3, 0.4) is 0 Å². The largest absolute Gasteiger partial charge is 0.350 e. The van der Waals surface area contributed by atoms with Gasteiger partial charge in [-0.05, 0) is 44.5 Å². The number of hydrogen-bond donors (Lipinski definition) is 2. The van der Waals surface area contributed by atoms with E-state index in [0.717, 1.165) is 17.0 Å². The molecule has 1 atom stereocenters. The number of amides is 2. The van der Waals surface area contributed by atoms with Crippen molar-refractivity contribution in [1.29, 1.82) is 0 Å². The minimum Gasteiger partial charge on any atom is -0.350 e. The van der Waals surface area contributed by atoms with Crippen LogP contribution in [0.15, 0.2) is 48.5 Å². The van der Waals surface area contributed by atoms with E-state index < -0.39 is 22.5 Å². The first-order chi connectivity index (χ1) is 14.5. The number of Topliss-reactive ketones (excluding diaryl/α,β-unsaturated/α-hetero) is 1. The Labute approximate surface area is 182 Å². The molecular formula is C22H27N3O5S. The zero-order valence-corrected chi connectivity index (χ0v) is 18.8. The molecular weight excluding hydrogens is 418 g/mol. The number of nitrogens with zero attached hydrogens (tertiary/aromatic N) is 1. The third-order valence-corrected chi connectivity index (χ3v) is 5.80. The second kappa shape index (κ2) is 10.2. The molecule has 0 aliphatic carbocycles. The molecule has 166 valence electrons. The summed E-state index contributed by atoms with van der Waals surface area (Å²) >= 11 is 0. The second-order valence-corrected chi connectivity index (χ2v) is 9.16. The summed E-state index contributed by atoms with van der Waals surface area (Å²) in [4.78, 5) is 36.9. The summed E-state index contributed by atoms with van der Waals surface area (Å²) in [5.74, 6) is -1.18. The van der Waals surface area contributed by atoms with Gasteiger partial charge in [0.15, 0.2) is 5.78 Å². The zero-order chi connectivity index (χ0) is 23.2. The van der Waals surface area contributed by atoms with Crippen LogP contribution in [0.4, 0.5) is 11.4 Å². The molecule has 2 amide bonds. The smallest absolute Gasteiger partial charge is 0.253 e. The lowest BCUT2D eigenvalue weighted by atomic mass is 10.1. The van der Waals surface area contributed by atoms with Crippen molar-refractivity contribution in [3.05, 3.63) is 59.7 Å². The standard InChI is InChI=1S/C22H27N3O5S/c1-5-15(2)23-22(28)19-11-6-7-12-20(19)24-21(27)14-25(31(4,29)30)18-10-8-9-17(13-18)16(3)26/h6-13,15H,5,14H2,1-4H3,(H,23,28)(H,24,27)/t15-/m1/s1. The fourth-order valence-corrected chi connectivity index (χ4v) is 3.64. The summed E-state index contributed by atoms with van der Waals surface area (Å²) in [5.41, 5.74) is 1.09. The van der Waals surface area contributed by atoms with E-state index in [4.69, 9.17) is 0 Å². The quantitative estimate of drug-likeness (QED) is 0.577. The first-order valence-corrected chi connectivity index (χ1v) is 11.7. The van der Waals surface area contributed by atoms with Crippen molar-refractivity contribution >= 4 is 39.0 Å². The Kier molecular flexibility index (Phi) is 7.93. The predicted molar refractivity (Wildman–Crippen MR) is 121 cm³/mol. The molecule has 0 heterocycles. The van der Waals surface area contributed by atoms with Gasteiger partial charge in [-0.25, -0.2) is 8.42 Å². The van der Waals surface area contributed by atoms with Crippen molar-refractivity contribution < 1.29 is 22.8 Å². The SMILES string of the molecule is CC[C@@H](C)NC(=O)c1ccccc1NC(=O)CN(c1cccc(C(C)=O)c1)S(C)(=O)=O. The third kappa shape index (κ3) is 6.65. The molecule has 2 aromatic rings. The molecule has 0 radical (unpaired) electrons. The maximum Gasteiger partial charge on any atom is 0.253 e. The van der Waals surface area contributed by atoms with Gasteiger partial charge in [0.1, 0.15) is 6.54 Å². The van der Waals surface area contributed by atoms with Gasteiger partial charge in [-0.15, -0.1) is 0 Å². The van der Waals surface area contributed by atoms with Gasteiger partial charge in [0, 0.05) is 11.6 Å². The molecule has 31 heavy (non-hydrogen) atoms. The van der Waals surface area contributed by atoms with Crippen LogP contribution in [0.2, 0.25) is 0 Å².